The first kappa shape index (κ1) is 13.6. The molecule has 0 atom stereocenters. The van der Waals surface area contributed by atoms with Gasteiger partial charge >= 0.3 is 6.09 Å². The summed E-state index contributed by atoms with van der Waals surface area (Å²) in [6.45, 7) is 8.10. The Labute approximate surface area is 102 Å². The van der Waals surface area contributed by atoms with Crippen LogP contribution in [0.15, 0.2) is 0 Å². The summed E-state index contributed by atoms with van der Waals surface area (Å²) in [5.74, 6) is 5.48. The van der Waals surface area contributed by atoms with E-state index >= 15 is 0 Å². The first-order valence-electron chi connectivity index (χ1n) is 5.73. The van der Waals surface area contributed by atoms with Gasteiger partial charge in [0.15, 0.2) is 5.78 Å². The molecule has 0 aromatic rings. The Hall–Kier alpha value is -1.50. The summed E-state index contributed by atoms with van der Waals surface area (Å²) < 4.78 is 5.20. The van der Waals surface area contributed by atoms with Gasteiger partial charge in [-0.25, -0.2) is 4.79 Å². The Morgan fingerprint density at radius 2 is 1.94 bits per heavy atom. The average molecular weight is 237 g/mol. The maximum Gasteiger partial charge on any atom is 0.410 e. The smallest absolute Gasteiger partial charge is 0.410 e. The number of ketones is 1. The molecule has 0 N–H and O–H groups in total. The van der Waals surface area contributed by atoms with Crippen LogP contribution in [0.2, 0.25) is 0 Å². The molecule has 0 aromatic heterocycles. The number of hydrogen-bond acceptors (Lipinski definition) is 3. The molecule has 1 amide bonds. The van der Waals surface area contributed by atoms with Crippen molar-refractivity contribution in [2.75, 3.05) is 13.1 Å². The van der Waals surface area contributed by atoms with Crippen LogP contribution < -0.4 is 0 Å². The molecule has 0 aromatic carbocycles. The lowest BCUT2D eigenvalue weighted by Gasteiger charge is -2.38. The molecule has 0 bridgehead atoms. The third kappa shape index (κ3) is 4.10. The quantitative estimate of drug-likeness (QED) is 0.688. The van der Waals surface area contributed by atoms with Crippen molar-refractivity contribution < 1.29 is 14.3 Å². The standard InChI is InChI=1S/C13H19NO3/c1-5-6-7-11(15)10-8-14(9-10)12(16)17-13(2,3)4/h10H,7-9H2,1-4H3. The molecule has 1 rings (SSSR count). The number of Topliss-reactive ketones (excluding diaryl/α,β-unsaturated/α-hetero) is 1. The molecule has 4 nitrogen and oxygen atoms in total. The lowest BCUT2D eigenvalue weighted by atomic mass is 9.94. The van der Waals surface area contributed by atoms with Crippen LogP contribution in [0.3, 0.4) is 0 Å². The largest absolute Gasteiger partial charge is 0.444 e. The summed E-state index contributed by atoms with van der Waals surface area (Å²) in [6.07, 6.45) is -0.0633. The summed E-state index contributed by atoms with van der Waals surface area (Å²) >= 11 is 0. The molecule has 4 heteroatoms. The normalized spacial score (nSPS) is 15.6. The van der Waals surface area contributed by atoms with Crippen molar-refractivity contribution in [1.29, 1.82) is 0 Å². The molecule has 1 saturated heterocycles. The van der Waals surface area contributed by atoms with E-state index in [2.05, 4.69) is 11.8 Å². The maximum absolute atomic E-state index is 11.6. The first-order valence-corrected chi connectivity index (χ1v) is 5.73. The molecule has 0 radical (unpaired) electrons. The Morgan fingerprint density at radius 3 is 2.41 bits per heavy atom. The molecule has 0 aliphatic carbocycles. The molecule has 1 heterocycles. The third-order valence-corrected chi connectivity index (χ3v) is 2.43. The van der Waals surface area contributed by atoms with Crippen LogP contribution >= 0.6 is 0 Å². The molecule has 0 saturated carbocycles. The van der Waals surface area contributed by atoms with Gasteiger partial charge in [0.2, 0.25) is 0 Å². The van der Waals surface area contributed by atoms with Gasteiger partial charge in [0, 0.05) is 13.1 Å². The third-order valence-electron chi connectivity index (χ3n) is 2.43. The number of nitrogens with zero attached hydrogens (tertiary/aromatic N) is 1. The second kappa shape index (κ2) is 5.22. The maximum atomic E-state index is 11.6. The summed E-state index contributed by atoms with van der Waals surface area (Å²) in [5.41, 5.74) is -0.486. The second-order valence-corrected chi connectivity index (χ2v) is 5.15. The highest BCUT2D eigenvalue weighted by Crippen LogP contribution is 2.20. The van der Waals surface area contributed by atoms with Gasteiger partial charge in [0.25, 0.3) is 0 Å². The van der Waals surface area contributed by atoms with Gasteiger partial charge in [-0.2, -0.15) is 0 Å². The van der Waals surface area contributed by atoms with Crippen LogP contribution in [-0.2, 0) is 9.53 Å². The van der Waals surface area contributed by atoms with E-state index in [0.29, 0.717) is 13.1 Å². The van der Waals surface area contributed by atoms with E-state index in [1.165, 1.54) is 0 Å². The van der Waals surface area contributed by atoms with Gasteiger partial charge < -0.3 is 9.64 Å². The van der Waals surface area contributed by atoms with Crippen LogP contribution in [0.4, 0.5) is 4.79 Å². The second-order valence-electron chi connectivity index (χ2n) is 5.15. The molecular formula is C13H19NO3. The lowest BCUT2D eigenvalue weighted by molar-refractivity contribution is -0.126. The molecule has 1 aliphatic rings. The predicted octanol–water partition coefficient (Wildman–Crippen LogP) is 1.84. The van der Waals surface area contributed by atoms with E-state index in [9.17, 15) is 9.59 Å². The Balaban J connectivity index is 2.33. The highest BCUT2D eigenvalue weighted by molar-refractivity contribution is 5.86. The van der Waals surface area contributed by atoms with Crippen molar-refractivity contribution in [2.24, 2.45) is 5.92 Å². The van der Waals surface area contributed by atoms with Crippen LogP contribution in [-0.4, -0.2) is 35.5 Å². The van der Waals surface area contributed by atoms with E-state index in [0.717, 1.165) is 0 Å². The number of amides is 1. The highest BCUT2D eigenvalue weighted by Gasteiger charge is 2.37. The molecule has 0 unspecified atom stereocenters. The van der Waals surface area contributed by atoms with Crippen molar-refractivity contribution in [3.63, 3.8) is 0 Å². The van der Waals surface area contributed by atoms with Gasteiger partial charge in [-0.1, -0.05) is 5.92 Å². The molecule has 1 aliphatic heterocycles. The van der Waals surface area contributed by atoms with Crippen LogP contribution in [0, 0.1) is 17.8 Å². The molecule has 94 valence electrons. The zero-order valence-corrected chi connectivity index (χ0v) is 10.9. The Kier molecular flexibility index (Phi) is 4.17. The van der Waals surface area contributed by atoms with E-state index in [1.807, 2.05) is 20.8 Å². The summed E-state index contributed by atoms with van der Waals surface area (Å²) in [4.78, 5) is 24.7. The fraction of sp³-hybridized carbons (Fsp3) is 0.692. The zero-order valence-electron chi connectivity index (χ0n) is 10.9. The minimum absolute atomic E-state index is 0.0663. The highest BCUT2D eigenvalue weighted by atomic mass is 16.6. The summed E-state index contributed by atoms with van der Waals surface area (Å²) in [5, 5.41) is 0. The summed E-state index contributed by atoms with van der Waals surface area (Å²) in [6, 6.07) is 0. The number of carbonyl (C=O) groups excluding carboxylic acids is 2. The first-order chi connectivity index (χ1) is 7.83. The van der Waals surface area contributed by atoms with Gasteiger partial charge in [-0.3, -0.25) is 4.79 Å². The number of hydrogen-bond donors (Lipinski definition) is 0. The van der Waals surface area contributed by atoms with E-state index < -0.39 is 5.60 Å². The average Bonchev–Trinajstić information content (AvgIpc) is 2.09. The topological polar surface area (TPSA) is 46.6 Å². The minimum Gasteiger partial charge on any atom is -0.444 e. The Morgan fingerprint density at radius 1 is 1.35 bits per heavy atom. The van der Waals surface area contributed by atoms with Crippen molar-refractivity contribution in [3.05, 3.63) is 0 Å². The minimum atomic E-state index is -0.486. The SMILES string of the molecule is CC#CCC(=O)C1CN(C(=O)OC(C)(C)C)C1. The lowest BCUT2D eigenvalue weighted by Crippen LogP contribution is -2.54. The fourth-order valence-corrected chi connectivity index (χ4v) is 1.48. The van der Waals surface area contributed by atoms with Crippen molar-refractivity contribution in [1.82, 2.24) is 4.90 Å². The van der Waals surface area contributed by atoms with Crippen molar-refractivity contribution in [2.45, 2.75) is 39.7 Å². The monoisotopic (exact) mass is 237 g/mol. The molecule has 17 heavy (non-hydrogen) atoms. The van der Waals surface area contributed by atoms with Gasteiger partial charge in [0.1, 0.15) is 5.60 Å². The molecular weight excluding hydrogens is 218 g/mol. The van der Waals surface area contributed by atoms with Crippen molar-refractivity contribution >= 4 is 11.9 Å². The van der Waals surface area contributed by atoms with Crippen LogP contribution in [0.1, 0.15) is 34.1 Å². The number of likely N-dealkylation sites (tertiary alicyclic amines) is 1. The zero-order chi connectivity index (χ0) is 13.1. The number of ether oxygens (including phenoxy) is 1. The van der Waals surface area contributed by atoms with Crippen LogP contribution in [0.25, 0.3) is 0 Å². The molecule has 0 spiro atoms. The van der Waals surface area contributed by atoms with E-state index in [-0.39, 0.29) is 24.2 Å². The fourth-order valence-electron chi connectivity index (χ4n) is 1.48. The van der Waals surface area contributed by atoms with Gasteiger partial charge in [-0.05, 0) is 27.7 Å². The van der Waals surface area contributed by atoms with Gasteiger partial charge in [0.05, 0.1) is 12.3 Å². The van der Waals surface area contributed by atoms with Crippen LogP contribution in [0.5, 0.6) is 0 Å². The van der Waals surface area contributed by atoms with Gasteiger partial charge in [-0.15, -0.1) is 5.92 Å². The number of carbonyl (C=O) groups is 2. The number of rotatable bonds is 2. The predicted molar refractivity (Wildman–Crippen MR) is 64.4 cm³/mol. The molecule has 1 fully saturated rings. The Bertz CT molecular complexity index is 364. The van der Waals surface area contributed by atoms with E-state index in [1.54, 1.807) is 11.8 Å². The summed E-state index contributed by atoms with van der Waals surface area (Å²) in [7, 11) is 0. The van der Waals surface area contributed by atoms with Crippen molar-refractivity contribution in [3.8, 4) is 11.8 Å². The van der Waals surface area contributed by atoms with E-state index in [4.69, 9.17) is 4.74 Å².